The molecule has 0 aliphatic heterocycles. The average Bonchev–Trinajstić information content (AvgIpc) is 3.89. The molecule has 1 heterocycles. The Bertz CT molecular complexity index is 3710. The number of rotatable bonds is 6. The molecule has 0 atom stereocenters. The van der Waals surface area contributed by atoms with Crippen LogP contribution in [0, 0.1) is 0 Å². The zero-order valence-corrected chi connectivity index (χ0v) is 33.7. The number of benzene rings is 11. The quantitative estimate of drug-likeness (QED) is 0.156. The molecule has 2 nitrogen and oxygen atoms in total. The van der Waals surface area contributed by atoms with Crippen molar-refractivity contribution >= 4 is 71.3 Å². The first-order valence-electron chi connectivity index (χ1n) is 21.3. The van der Waals surface area contributed by atoms with Gasteiger partial charge in [-0.15, -0.1) is 0 Å². The van der Waals surface area contributed by atoms with Gasteiger partial charge in [-0.1, -0.05) is 176 Å². The summed E-state index contributed by atoms with van der Waals surface area (Å²) in [7, 11) is 0. The summed E-state index contributed by atoms with van der Waals surface area (Å²) < 4.78 is 6.45. The Hall–Kier alpha value is -8.20. The third-order valence-electron chi connectivity index (χ3n) is 13.0. The highest BCUT2D eigenvalue weighted by Crippen LogP contribution is 2.49. The molecule has 288 valence electrons. The van der Waals surface area contributed by atoms with E-state index in [1.165, 1.54) is 76.8 Å². The molecule has 0 N–H and O–H groups in total. The molecule has 1 aliphatic rings. The van der Waals surface area contributed by atoms with E-state index in [1.54, 1.807) is 0 Å². The highest BCUT2D eigenvalue weighted by atomic mass is 16.3. The standard InChI is InChI=1S/C60H37NO/c1-2-13-47-38(10-1)22-23-43-36-42(28-33-49(43)47)41-11-7-12-46(37-41)61(45-31-26-40(27-32-45)50-17-8-20-57-53-16-5-6-21-58(53)62-60(50)57)44-29-24-39(25-30-44)48-34-35-56-52-15-4-3-14-51(52)55-19-9-18-54(48)59(55)56/h1-37H. The van der Waals surface area contributed by atoms with Crippen LogP contribution >= 0.6 is 0 Å². The third kappa shape index (κ3) is 5.37. The van der Waals surface area contributed by atoms with Crippen LogP contribution in [-0.4, -0.2) is 0 Å². The molecule has 62 heavy (non-hydrogen) atoms. The Morgan fingerprint density at radius 2 is 0.823 bits per heavy atom. The molecule has 0 saturated carbocycles. The summed E-state index contributed by atoms with van der Waals surface area (Å²) in [6, 6.07) is 81.7. The summed E-state index contributed by atoms with van der Waals surface area (Å²) in [5.41, 5.74) is 17.3. The summed E-state index contributed by atoms with van der Waals surface area (Å²) in [5.74, 6) is 0. The summed E-state index contributed by atoms with van der Waals surface area (Å²) in [4.78, 5) is 2.37. The lowest BCUT2D eigenvalue weighted by atomic mass is 9.94. The smallest absolute Gasteiger partial charge is 0.143 e. The summed E-state index contributed by atoms with van der Waals surface area (Å²) in [6.45, 7) is 0. The van der Waals surface area contributed by atoms with Crippen LogP contribution in [0.5, 0.6) is 0 Å². The van der Waals surface area contributed by atoms with Crippen LogP contribution < -0.4 is 4.90 Å². The highest BCUT2D eigenvalue weighted by Gasteiger charge is 2.23. The van der Waals surface area contributed by atoms with E-state index in [4.69, 9.17) is 4.42 Å². The maximum atomic E-state index is 6.45. The first-order chi connectivity index (χ1) is 30.7. The first kappa shape index (κ1) is 34.6. The molecule has 0 amide bonds. The summed E-state index contributed by atoms with van der Waals surface area (Å²) >= 11 is 0. The van der Waals surface area contributed by atoms with Crippen molar-refractivity contribution in [1.82, 2.24) is 0 Å². The first-order valence-corrected chi connectivity index (χ1v) is 21.3. The van der Waals surface area contributed by atoms with Gasteiger partial charge in [0.1, 0.15) is 11.2 Å². The van der Waals surface area contributed by atoms with Gasteiger partial charge in [-0.05, 0) is 131 Å². The molecule has 1 aromatic heterocycles. The van der Waals surface area contributed by atoms with Crippen molar-refractivity contribution < 1.29 is 4.42 Å². The second-order valence-electron chi connectivity index (χ2n) is 16.4. The minimum Gasteiger partial charge on any atom is -0.455 e. The van der Waals surface area contributed by atoms with E-state index in [2.05, 4.69) is 217 Å². The Morgan fingerprint density at radius 3 is 1.63 bits per heavy atom. The molecule has 0 saturated heterocycles. The number of furan rings is 1. The predicted octanol–water partition coefficient (Wildman–Crippen LogP) is 17.2. The van der Waals surface area contributed by atoms with E-state index in [0.717, 1.165) is 50.1 Å². The van der Waals surface area contributed by atoms with Crippen LogP contribution in [0.4, 0.5) is 17.1 Å². The fourth-order valence-corrected chi connectivity index (χ4v) is 10.1. The van der Waals surface area contributed by atoms with Gasteiger partial charge in [0.15, 0.2) is 0 Å². The second kappa shape index (κ2) is 13.7. The minimum absolute atomic E-state index is 0.906. The molecule has 2 heteroatoms. The van der Waals surface area contributed by atoms with Gasteiger partial charge in [0.05, 0.1) is 0 Å². The molecule has 0 unspecified atom stereocenters. The lowest BCUT2D eigenvalue weighted by molar-refractivity contribution is 0.670. The molecule has 12 aromatic rings. The van der Waals surface area contributed by atoms with Crippen molar-refractivity contribution in [2.75, 3.05) is 4.90 Å². The fraction of sp³-hybridized carbons (Fsp3) is 0. The zero-order valence-electron chi connectivity index (χ0n) is 33.7. The molecule has 0 spiro atoms. The molecule has 0 bridgehead atoms. The van der Waals surface area contributed by atoms with E-state index in [-0.39, 0.29) is 0 Å². The lowest BCUT2D eigenvalue weighted by Crippen LogP contribution is -2.10. The topological polar surface area (TPSA) is 16.4 Å². The summed E-state index contributed by atoms with van der Waals surface area (Å²) in [5, 5.41) is 9.94. The highest BCUT2D eigenvalue weighted by molar-refractivity contribution is 6.19. The van der Waals surface area contributed by atoms with Gasteiger partial charge in [-0.2, -0.15) is 0 Å². The molecular weight excluding hydrogens is 751 g/mol. The molecule has 0 radical (unpaired) electrons. The summed E-state index contributed by atoms with van der Waals surface area (Å²) in [6.07, 6.45) is 0. The minimum atomic E-state index is 0.906. The molecule has 1 aliphatic carbocycles. The predicted molar refractivity (Wildman–Crippen MR) is 262 cm³/mol. The zero-order chi connectivity index (χ0) is 40.7. The SMILES string of the molecule is c1cc(-c2ccc3c(ccc4ccccc43)c2)cc(N(c2ccc(-c3ccc4c5c(cccc35)-c3ccccc3-4)cc2)c2ccc(-c3cccc4c3oc3ccccc34)cc2)c1. The van der Waals surface area contributed by atoms with Crippen molar-refractivity contribution in [1.29, 1.82) is 0 Å². The van der Waals surface area contributed by atoms with Crippen molar-refractivity contribution in [2.24, 2.45) is 0 Å². The lowest BCUT2D eigenvalue weighted by Gasteiger charge is -2.26. The number of nitrogens with zero attached hydrogens (tertiary/aromatic N) is 1. The van der Waals surface area contributed by atoms with Crippen molar-refractivity contribution in [2.45, 2.75) is 0 Å². The van der Waals surface area contributed by atoms with Crippen LogP contribution in [-0.2, 0) is 0 Å². The number of hydrogen-bond donors (Lipinski definition) is 0. The average molecular weight is 788 g/mol. The number of anilines is 3. The largest absolute Gasteiger partial charge is 0.455 e. The van der Waals surface area contributed by atoms with Gasteiger partial charge in [-0.3, -0.25) is 0 Å². The van der Waals surface area contributed by atoms with Crippen LogP contribution in [0.3, 0.4) is 0 Å². The Labute approximate surface area is 359 Å². The van der Waals surface area contributed by atoms with Gasteiger partial charge >= 0.3 is 0 Å². The Kier molecular flexibility index (Phi) is 7.64. The molecule has 11 aromatic carbocycles. The maximum Gasteiger partial charge on any atom is 0.143 e. The van der Waals surface area contributed by atoms with E-state index < -0.39 is 0 Å². The third-order valence-corrected chi connectivity index (χ3v) is 13.0. The van der Waals surface area contributed by atoms with E-state index in [0.29, 0.717) is 0 Å². The van der Waals surface area contributed by atoms with Crippen LogP contribution in [0.2, 0.25) is 0 Å². The van der Waals surface area contributed by atoms with Crippen molar-refractivity contribution in [3.05, 3.63) is 224 Å². The Balaban J connectivity index is 0.921. The molecule has 13 rings (SSSR count). The van der Waals surface area contributed by atoms with Crippen LogP contribution in [0.1, 0.15) is 0 Å². The number of fused-ring (bicyclic) bond motifs is 9. The van der Waals surface area contributed by atoms with Crippen LogP contribution in [0.25, 0.3) is 110 Å². The van der Waals surface area contributed by atoms with Crippen molar-refractivity contribution in [3.63, 3.8) is 0 Å². The fourth-order valence-electron chi connectivity index (χ4n) is 10.1. The monoisotopic (exact) mass is 787 g/mol. The number of hydrogen-bond acceptors (Lipinski definition) is 2. The van der Waals surface area contributed by atoms with Gasteiger partial charge in [0, 0.05) is 33.4 Å². The molecule has 0 fully saturated rings. The van der Waals surface area contributed by atoms with E-state index in [9.17, 15) is 0 Å². The number of para-hydroxylation sites is 2. The Morgan fingerprint density at radius 1 is 0.274 bits per heavy atom. The van der Waals surface area contributed by atoms with Gasteiger partial charge in [0.25, 0.3) is 0 Å². The van der Waals surface area contributed by atoms with Gasteiger partial charge in [0.2, 0.25) is 0 Å². The second-order valence-corrected chi connectivity index (χ2v) is 16.4. The maximum absolute atomic E-state index is 6.45. The van der Waals surface area contributed by atoms with Gasteiger partial charge < -0.3 is 9.32 Å². The van der Waals surface area contributed by atoms with Gasteiger partial charge in [-0.25, -0.2) is 0 Å². The van der Waals surface area contributed by atoms with Crippen molar-refractivity contribution in [3.8, 4) is 55.6 Å². The molecular formula is C60H37NO. The van der Waals surface area contributed by atoms with E-state index >= 15 is 0 Å². The normalized spacial score (nSPS) is 11.9. The van der Waals surface area contributed by atoms with Crippen LogP contribution in [0.15, 0.2) is 229 Å². The van der Waals surface area contributed by atoms with E-state index in [1.807, 2.05) is 12.1 Å².